The lowest BCUT2D eigenvalue weighted by molar-refractivity contribution is -0.0664. The molecule has 1 heterocycles. The minimum atomic E-state index is -0.0991. The molecule has 1 fully saturated rings. The summed E-state index contributed by atoms with van der Waals surface area (Å²) in [6.45, 7) is 0.725. The van der Waals surface area contributed by atoms with Crippen LogP contribution in [0.2, 0.25) is 0 Å². The molecule has 2 aliphatic rings. The summed E-state index contributed by atoms with van der Waals surface area (Å²) in [6, 6.07) is 8.61. The number of fused-ring (bicyclic) bond motifs is 2. The van der Waals surface area contributed by atoms with Crippen molar-refractivity contribution in [3.8, 4) is 0 Å². The Labute approximate surface area is 100 Å². The molecule has 1 saturated carbocycles. The fourth-order valence-electron chi connectivity index (χ4n) is 3.06. The van der Waals surface area contributed by atoms with Gasteiger partial charge in [0.1, 0.15) is 0 Å². The highest BCUT2D eigenvalue weighted by atomic mass is 16.5. The first-order valence-electron chi connectivity index (χ1n) is 6.11. The van der Waals surface area contributed by atoms with Gasteiger partial charge in [-0.3, -0.25) is 0 Å². The van der Waals surface area contributed by atoms with Crippen molar-refractivity contribution in [2.45, 2.75) is 43.9 Å². The van der Waals surface area contributed by atoms with Crippen LogP contribution in [-0.4, -0.2) is 6.04 Å². The zero-order valence-electron chi connectivity index (χ0n) is 9.67. The number of nitrogens with zero attached hydrogens (tertiary/aromatic N) is 3. The van der Waals surface area contributed by atoms with Crippen LogP contribution in [-0.2, 0) is 16.9 Å². The monoisotopic (exact) mass is 229 g/mol. The van der Waals surface area contributed by atoms with E-state index < -0.39 is 0 Å². The Morgan fingerprint density at radius 3 is 2.82 bits per heavy atom. The lowest BCUT2D eigenvalue weighted by atomic mass is 9.77. The molecule has 3 rings (SSSR count). The molecule has 4 heteroatoms. The molecule has 0 aromatic heterocycles. The lowest BCUT2D eigenvalue weighted by Gasteiger charge is -2.35. The van der Waals surface area contributed by atoms with Gasteiger partial charge in [-0.1, -0.05) is 29.4 Å². The summed E-state index contributed by atoms with van der Waals surface area (Å²) in [5.74, 6) is 0. The van der Waals surface area contributed by atoms with E-state index in [0.717, 1.165) is 32.3 Å². The van der Waals surface area contributed by atoms with E-state index in [4.69, 9.17) is 10.3 Å². The summed E-state index contributed by atoms with van der Waals surface area (Å²) < 4.78 is 6.04. The van der Waals surface area contributed by atoms with Crippen molar-refractivity contribution in [1.82, 2.24) is 0 Å². The Hall–Kier alpha value is -1.51. The van der Waals surface area contributed by atoms with Gasteiger partial charge in [0.25, 0.3) is 0 Å². The van der Waals surface area contributed by atoms with Crippen molar-refractivity contribution < 1.29 is 4.74 Å². The van der Waals surface area contributed by atoms with Crippen LogP contribution in [0.15, 0.2) is 29.4 Å². The van der Waals surface area contributed by atoms with E-state index >= 15 is 0 Å². The smallest absolute Gasteiger partial charge is 0.0939 e. The standard InChI is InChI=1S/C13H15N3O/c14-16-15-11-5-7-13(8-6-11)12-4-2-1-3-10(12)9-17-13/h1-4,11H,5-9H2. The van der Waals surface area contributed by atoms with Gasteiger partial charge in [-0.25, -0.2) is 0 Å². The van der Waals surface area contributed by atoms with Crippen LogP contribution in [0.4, 0.5) is 0 Å². The molecule has 1 aliphatic carbocycles. The molecule has 0 radical (unpaired) electrons. The fraction of sp³-hybridized carbons (Fsp3) is 0.538. The van der Waals surface area contributed by atoms with Crippen LogP contribution in [0.25, 0.3) is 10.4 Å². The number of hydrogen-bond acceptors (Lipinski definition) is 2. The van der Waals surface area contributed by atoms with E-state index in [-0.39, 0.29) is 11.6 Å². The molecule has 0 saturated heterocycles. The quantitative estimate of drug-likeness (QED) is 0.412. The van der Waals surface area contributed by atoms with Gasteiger partial charge in [-0.15, -0.1) is 0 Å². The van der Waals surface area contributed by atoms with Gasteiger partial charge in [0, 0.05) is 11.0 Å². The predicted octanol–water partition coefficient (Wildman–Crippen LogP) is 3.67. The van der Waals surface area contributed by atoms with E-state index in [9.17, 15) is 0 Å². The molecule has 1 aliphatic heterocycles. The van der Waals surface area contributed by atoms with Crippen molar-refractivity contribution in [2.75, 3.05) is 0 Å². The number of azide groups is 1. The maximum atomic E-state index is 8.46. The van der Waals surface area contributed by atoms with E-state index in [1.54, 1.807) is 0 Å². The molecule has 0 bridgehead atoms. The second kappa shape index (κ2) is 4.06. The van der Waals surface area contributed by atoms with Crippen molar-refractivity contribution >= 4 is 0 Å². The first-order chi connectivity index (χ1) is 8.34. The molecular formula is C13H15N3O. The Morgan fingerprint density at radius 1 is 1.29 bits per heavy atom. The normalized spacial score (nSPS) is 30.9. The third-order valence-electron chi connectivity index (χ3n) is 3.99. The van der Waals surface area contributed by atoms with Crippen LogP contribution in [0.1, 0.15) is 36.8 Å². The van der Waals surface area contributed by atoms with E-state index in [1.807, 2.05) is 0 Å². The number of hydrogen-bond donors (Lipinski definition) is 0. The molecule has 0 amide bonds. The van der Waals surface area contributed by atoms with Gasteiger partial charge in [-0.2, -0.15) is 0 Å². The predicted molar refractivity (Wildman–Crippen MR) is 64.3 cm³/mol. The molecule has 1 aromatic carbocycles. The van der Waals surface area contributed by atoms with Gasteiger partial charge >= 0.3 is 0 Å². The summed E-state index contributed by atoms with van der Waals surface area (Å²) in [4.78, 5) is 2.90. The molecule has 0 atom stereocenters. The molecule has 0 unspecified atom stereocenters. The molecule has 1 aromatic rings. The highest BCUT2D eigenvalue weighted by Crippen LogP contribution is 2.47. The van der Waals surface area contributed by atoms with E-state index in [1.165, 1.54) is 11.1 Å². The maximum absolute atomic E-state index is 8.46. The minimum Gasteiger partial charge on any atom is -0.366 e. The number of ether oxygens (including phenoxy) is 1. The Morgan fingerprint density at radius 2 is 2.06 bits per heavy atom. The van der Waals surface area contributed by atoms with Crippen LogP contribution in [0, 0.1) is 0 Å². The zero-order valence-corrected chi connectivity index (χ0v) is 9.67. The van der Waals surface area contributed by atoms with Crippen LogP contribution in [0.3, 0.4) is 0 Å². The van der Waals surface area contributed by atoms with Crippen molar-refractivity contribution in [1.29, 1.82) is 0 Å². The van der Waals surface area contributed by atoms with Crippen molar-refractivity contribution in [3.05, 3.63) is 45.8 Å². The summed E-state index contributed by atoms with van der Waals surface area (Å²) in [6.07, 6.45) is 3.79. The molecule has 0 N–H and O–H groups in total. The van der Waals surface area contributed by atoms with Crippen LogP contribution >= 0.6 is 0 Å². The lowest BCUT2D eigenvalue weighted by Crippen LogP contribution is -2.32. The molecule has 17 heavy (non-hydrogen) atoms. The third-order valence-corrected chi connectivity index (χ3v) is 3.99. The van der Waals surface area contributed by atoms with Crippen LogP contribution in [0.5, 0.6) is 0 Å². The topological polar surface area (TPSA) is 58.0 Å². The largest absolute Gasteiger partial charge is 0.366 e. The minimum absolute atomic E-state index is 0.0991. The van der Waals surface area contributed by atoms with Gasteiger partial charge in [0.2, 0.25) is 0 Å². The SMILES string of the molecule is [N-]=[N+]=NC1CCC2(CC1)OCc1ccccc12. The Bertz CT molecular complexity index is 471. The molecule has 88 valence electrons. The Balaban J connectivity index is 1.84. The van der Waals surface area contributed by atoms with Gasteiger partial charge < -0.3 is 4.74 Å². The first-order valence-corrected chi connectivity index (χ1v) is 6.11. The van der Waals surface area contributed by atoms with Gasteiger partial charge in [0.15, 0.2) is 0 Å². The second-order valence-electron chi connectivity index (χ2n) is 4.88. The fourth-order valence-corrected chi connectivity index (χ4v) is 3.06. The van der Waals surface area contributed by atoms with Gasteiger partial charge in [0.05, 0.1) is 12.2 Å². The molecule has 1 spiro atoms. The zero-order chi connectivity index (χ0) is 11.7. The summed E-state index contributed by atoms with van der Waals surface area (Å²) in [5, 5.41) is 3.82. The maximum Gasteiger partial charge on any atom is 0.0939 e. The van der Waals surface area contributed by atoms with E-state index in [0.29, 0.717) is 0 Å². The summed E-state index contributed by atoms with van der Waals surface area (Å²) >= 11 is 0. The summed E-state index contributed by atoms with van der Waals surface area (Å²) in [7, 11) is 0. The highest BCUT2D eigenvalue weighted by molar-refractivity contribution is 5.35. The third kappa shape index (κ3) is 1.70. The molecule has 4 nitrogen and oxygen atoms in total. The van der Waals surface area contributed by atoms with Crippen molar-refractivity contribution in [2.24, 2.45) is 5.11 Å². The first kappa shape index (κ1) is 10.6. The highest BCUT2D eigenvalue weighted by Gasteiger charge is 2.42. The second-order valence-corrected chi connectivity index (χ2v) is 4.88. The average molecular weight is 229 g/mol. The van der Waals surface area contributed by atoms with Crippen LogP contribution < -0.4 is 0 Å². The van der Waals surface area contributed by atoms with E-state index in [2.05, 4.69) is 34.3 Å². The number of rotatable bonds is 1. The Kier molecular flexibility index (Phi) is 2.54. The van der Waals surface area contributed by atoms with Crippen molar-refractivity contribution in [3.63, 3.8) is 0 Å². The summed E-state index contributed by atoms with van der Waals surface area (Å²) in [5.41, 5.74) is 11.0. The molecular weight excluding hydrogens is 214 g/mol. The average Bonchev–Trinajstić information content (AvgIpc) is 2.73. The van der Waals surface area contributed by atoms with Gasteiger partial charge in [-0.05, 0) is 42.3 Å². The number of benzene rings is 1.